The second-order valence-corrected chi connectivity index (χ2v) is 6.70. The Balaban J connectivity index is 1.91. The fraction of sp³-hybridized carbons (Fsp3) is 0.368. The molecule has 0 amide bonds. The molecule has 7 nitrogen and oxygen atoms in total. The topological polar surface area (TPSA) is 94.1 Å². The van der Waals surface area contributed by atoms with Crippen molar-refractivity contribution in [3.05, 3.63) is 47.4 Å². The van der Waals surface area contributed by atoms with Gasteiger partial charge in [0.25, 0.3) is 11.7 Å². The van der Waals surface area contributed by atoms with Gasteiger partial charge in [-0.2, -0.15) is 0 Å². The van der Waals surface area contributed by atoms with Gasteiger partial charge in [-0.05, 0) is 36.8 Å². The van der Waals surface area contributed by atoms with Crippen molar-refractivity contribution in [3.8, 4) is 5.75 Å². The van der Waals surface area contributed by atoms with Crippen molar-refractivity contribution in [2.45, 2.75) is 32.6 Å². The number of esters is 1. The van der Waals surface area contributed by atoms with Gasteiger partial charge in [-0.25, -0.2) is 4.79 Å². The van der Waals surface area contributed by atoms with Gasteiger partial charge in [-0.3, -0.25) is 4.79 Å². The van der Waals surface area contributed by atoms with Crippen LogP contribution in [0.4, 0.5) is 5.69 Å². The van der Waals surface area contributed by atoms with E-state index in [0.717, 1.165) is 5.69 Å². The number of nitrogens with one attached hydrogen (secondary N) is 1. The van der Waals surface area contributed by atoms with E-state index in [1.165, 1.54) is 13.8 Å². The molecule has 0 saturated carbocycles. The van der Waals surface area contributed by atoms with Gasteiger partial charge in [0.2, 0.25) is 0 Å². The van der Waals surface area contributed by atoms with E-state index in [9.17, 15) is 14.7 Å². The highest BCUT2D eigenvalue weighted by Gasteiger charge is 2.47. The molecule has 2 atom stereocenters. The summed E-state index contributed by atoms with van der Waals surface area (Å²) in [6.07, 6.45) is 1.73. The standard InChI is InChI=1S/C19H21NO6/c1-10-9-13(20-11-5-7-12(24-4)8-6-11)14(16(10)21)15-17(22)25-19(2,3)26-18(15)23/h5-9,13-14,20,22H,1-4H3. The predicted octanol–water partition coefficient (Wildman–Crippen LogP) is 2.70. The molecule has 26 heavy (non-hydrogen) atoms. The Hall–Kier alpha value is -2.96. The van der Waals surface area contributed by atoms with Gasteiger partial charge in [0.05, 0.1) is 19.1 Å². The van der Waals surface area contributed by atoms with Crippen LogP contribution in [-0.2, 0) is 19.1 Å². The Bertz CT molecular complexity index is 806. The third-order valence-electron chi connectivity index (χ3n) is 4.33. The predicted molar refractivity (Wildman–Crippen MR) is 93.6 cm³/mol. The molecule has 2 unspecified atom stereocenters. The quantitative estimate of drug-likeness (QED) is 0.798. The second-order valence-electron chi connectivity index (χ2n) is 6.70. The van der Waals surface area contributed by atoms with Crippen LogP contribution < -0.4 is 10.1 Å². The highest BCUT2D eigenvalue weighted by Crippen LogP contribution is 2.36. The van der Waals surface area contributed by atoms with Crippen LogP contribution in [0.5, 0.6) is 5.75 Å². The number of methoxy groups -OCH3 is 1. The minimum absolute atomic E-state index is 0.173. The molecule has 2 N–H and O–H groups in total. The lowest BCUT2D eigenvalue weighted by atomic mass is 9.90. The number of Topliss-reactive ketones (excluding diaryl/α,β-unsaturated/α-hetero) is 1. The van der Waals surface area contributed by atoms with E-state index < -0.39 is 29.7 Å². The molecule has 7 heteroatoms. The molecule has 3 rings (SSSR count). The Morgan fingerprint density at radius 1 is 1.15 bits per heavy atom. The number of anilines is 1. The van der Waals surface area contributed by atoms with Gasteiger partial charge < -0.3 is 24.6 Å². The third-order valence-corrected chi connectivity index (χ3v) is 4.33. The molecule has 1 aliphatic carbocycles. The van der Waals surface area contributed by atoms with Crippen LogP contribution in [0.1, 0.15) is 20.8 Å². The number of hydrogen-bond acceptors (Lipinski definition) is 7. The highest BCUT2D eigenvalue weighted by atomic mass is 16.8. The first-order valence-electron chi connectivity index (χ1n) is 8.20. The van der Waals surface area contributed by atoms with Gasteiger partial charge in [0.1, 0.15) is 11.3 Å². The lowest BCUT2D eigenvalue weighted by Gasteiger charge is -2.33. The van der Waals surface area contributed by atoms with Crippen LogP contribution in [0.2, 0.25) is 0 Å². The van der Waals surface area contributed by atoms with Gasteiger partial charge in [0, 0.05) is 19.5 Å². The van der Waals surface area contributed by atoms with Crippen molar-refractivity contribution in [2.24, 2.45) is 5.92 Å². The van der Waals surface area contributed by atoms with Crippen LogP contribution in [0, 0.1) is 5.92 Å². The molecule has 0 radical (unpaired) electrons. The SMILES string of the molecule is COc1ccc(NC2C=C(C)C(=O)C2C2=C(O)OC(C)(C)OC2=O)cc1. The van der Waals surface area contributed by atoms with Crippen LogP contribution in [0.25, 0.3) is 0 Å². The first-order chi connectivity index (χ1) is 12.2. The number of ether oxygens (including phenoxy) is 3. The van der Waals surface area contributed by atoms with Gasteiger partial charge in [0.15, 0.2) is 5.78 Å². The Morgan fingerprint density at radius 3 is 2.38 bits per heavy atom. The number of cyclic esters (lactones) is 1. The number of carbonyl (C=O) groups is 2. The fourth-order valence-electron chi connectivity index (χ4n) is 3.11. The average molecular weight is 359 g/mol. The number of benzene rings is 1. The van der Waals surface area contributed by atoms with E-state index in [2.05, 4.69) is 5.32 Å². The number of rotatable bonds is 4. The first-order valence-corrected chi connectivity index (χ1v) is 8.20. The summed E-state index contributed by atoms with van der Waals surface area (Å²) in [5.74, 6) is -3.11. The van der Waals surface area contributed by atoms with Gasteiger partial charge in [-0.15, -0.1) is 0 Å². The molecule has 0 fully saturated rings. The maximum absolute atomic E-state index is 12.6. The molecule has 1 heterocycles. The zero-order valence-corrected chi connectivity index (χ0v) is 15.0. The summed E-state index contributed by atoms with van der Waals surface area (Å²) in [4.78, 5) is 25.0. The summed E-state index contributed by atoms with van der Waals surface area (Å²) in [7, 11) is 1.58. The number of allylic oxidation sites excluding steroid dienone is 1. The van der Waals surface area contributed by atoms with Crippen molar-refractivity contribution >= 4 is 17.4 Å². The summed E-state index contributed by atoms with van der Waals surface area (Å²) >= 11 is 0. The molecule has 0 bridgehead atoms. The smallest absolute Gasteiger partial charge is 0.345 e. The van der Waals surface area contributed by atoms with Crippen molar-refractivity contribution < 1.29 is 28.9 Å². The number of aliphatic hydroxyl groups is 1. The maximum atomic E-state index is 12.6. The summed E-state index contributed by atoms with van der Waals surface area (Å²) in [6, 6.07) is 6.64. The zero-order valence-electron chi connectivity index (χ0n) is 15.0. The zero-order chi connectivity index (χ0) is 19.1. The van der Waals surface area contributed by atoms with E-state index in [1.54, 1.807) is 44.4 Å². The summed E-state index contributed by atoms with van der Waals surface area (Å²) in [6.45, 7) is 4.68. The first kappa shape index (κ1) is 17.8. The minimum atomic E-state index is -1.28. The molecule has 1 aromatic carbocycles. The number of ketones is 1. The lowest BCUT2D eigenvalue weighted by Crippen LogP contribution is -2.42. The van der Waals surface area contributed by atoms with E-state index >= 15 is 0 Å². The molecular weight excluding hydrogens is 338 g/mol. The van der Waals surface area contributed by atoms with Gasteiger partial charge in [-0.1, -0.05) is 6.08 Å². The van der Waals surface area contributed by atoms with E-state index in [0.29, 0.717) is 11.3 Å². The maximum Gasteiger partial charge on any atom is 0.345 e. The molecule has 2 aliphatic rings. The monoisotopic (exact) mass is 359 g/mol. The molecule has 0 saturated heterocycles. The Labute approximate surface area is 151 Å². The van der Waals surface area contributed by atoms with Crippen LogP contribution in [0.3, 0.4) is 0 Å². The molecule has 0 spiro atoms. The molecule has 138 valence electrons. The molecule has 1 aromatic rings. The van der Waals surface area contributed by atoms with E-state index in [4.69, 9.17) is 14.2 Å². The third kappa shape index (κ3) is 3.24. The van der Waals surface area contributed by atoms with Crippen molar-refractivity contribution in [3.63, 3.8) is 0 Å². The number of hydrogen-bond donors (Lipinski definition) is 2. The molecule has 0 aromatic heterocycles. The van der Waals surface area contributed by atoms with Crippen molar-refractivity contribution in [1.29, 1.82) is 0 Å². The second kappa shape index (κ2) is 6.40. The normalized spacial score (nSPS) is 24.7. The number of aliphatic hydroxyl groups excluding tert-OH is 1. The average Bonchev–Trinajstić information content (AvgIpc) is 2.82. The molecule has 1 aliphatic heterocycles. The van der Waals surface area contributed by atoms with Crippen LogP contribution >= 0.6 is 0 Å². The lowest BCUT2D eigenvalue weighted by molar-refractivity contribution is -0.223. The van der Waals surface area contributed by atoms with E-state index in [1.807, 2.05) is 0 Å². The molecular formula is C19H21NO6. The minimum Gasteiger partial charge on any atom is -0.497 e. The van der Waals surface area contributed by atoms with Crippen molar-refractivity contribution in [1.82, 2.24) is 0 Å². The Kier molecular flexibility index (Phi) is 4.39. The van der Waals surface area contributed by atoms with Crippen LogP contribution in [-0.4, -0.2) is 35.8 Å². The largest absolute Gasteiger partial charge is 0.497 e. The van der Waals surface area contributed by atoms with Crippen molar-refractivity contribution in [2.75, 3.05) is 12.4 Å². The summed E-state index contributed by atoms with van der Waals surface area (Å²) in [5, 5.41) is 13.4. The number of carbonyl (C=O) groups excluding carboxylic acids is 2. The van der Waals surface area contributed by atoms with E-state index in [-0.39, 0.29) is 11.4 Å². The van der Waals surface area contributed by atoms with Gasteiger partial charge >= 0.3 is 5.97 Å². The Morgan fingerprint density at radius 2 is 1.81 bits per heavy atom. The highest BCUT2D eigenvalue weighted by molar-refractivity contribution is 6.08. The summed E-state index contributed by atoms with van der Waals surface area (Å²) in [5.41, 5.74) is 1.07. The van der Waals surface area contributed by atoms with Crippen LogP contribution in [0.15, 0.2) is 47.4 Å². The fourth-order valence-corrected chi connectivity index (χ4v) is 3.11. The summed E-state index contributed by atoms with van der Waals surface area (Å²) < 4.78 is 15.6.